The molecule has 0 saturated heterocycles. The Morgan fingerprint density at radius 3 is 1.93 bits per heavy atom. The Morgan fingerprint density at radius 1 is 0.964 bits per heavy atom. The van der Waals surface area contributed by atoms with Gasteiger partial charge in [0.2, 0.25) is 11.4 Å². The van der Waals surface area contributed by atoms with Crippen molar-refractivity contribution in [3.8, 4) is 16.9 Å². The lowest BCUT2D eigenvalue weighted by atomic mass is 10.1. The molecule has 0 spiro atoms. The fraction of sp³-hybridized carbons (Fsp3) is 0.167. The molecule has 28 heavy (non-hydrogen) atoms. The van der Waals surface area contributed by atoms with Crippen molar-refractivity contribution < 1.29 is 26.1 Å². The number of benzene rings is 2. The van der Waals surface area contributed by atoms with Gasteiger partial charge in [-0.05, 0) is 12.1 Å². The number of hydrogen-bond acceptors (Lipinski definition) is 3. The first-order valence-electron chi connectivity index (χ1n) is 8.08. The summed E-state index contributed by atoms with van der Waals surface area (Å²) < 4.78 is 74.7. The van der Waals surface area contributed by atoms with Crippen LogP contribution in [-0.2, 0) is 16.5 Å². The van der Waals surface area contributed by atoms with Crippen molar-refractivity contribution in [1.82, 2.24) is 13.7 Å². The number of nitrogens with zero attached hydrogens (tertiary/aromatic N) is 3. The minimum Gasteiger partial charge on any atom is -0.241 e. The van der Waals surface area contributed by atoms with E-state index in [0.29, 0.717) is 11.3 Å². The summed E-state index contributed by atoms with van der Waals surface area (Å²) in [7, 11) is -3.03. The van der Waals surface area contributed by atoms with Crippen LogP contribution in [0.25, 0.3) is 16.9 Å². The number of hydrogen-bond donors (Lipinski definition) is 1. The van der Waals surface area contributed by atoms with E-state index in [1.807, 2.05) is 0 Å². The first kappa shape index (κ1) is 20.1. The van der Waals surface area contributed by atoms with E-state index in [-0.39, 0.29) is 5.69 Å². The van der Waals surface area contributed by atoms with E-state index in [1.165, 1.54) is 0 Å². The van der Waals surface area contributed by atoms with Crippen LogP contribution in [-0.4, -0.2) is 36.8 Å². The van der Waals surface area contributed by atoms with Gasteiger partial charge in [0.1, 0.15) is 5.69 Å². The van der Waals surface area contributed by atoms with E-state index in [2.05, 4.69) is 5.10 Å². The zero-order valence-electron chi connectivity index (χ0n) is 14.9. The molecule has 0 aliphatic heterocycles. The topological polar surface area (TPSA) is 72.2 Å². The van der Waals surface area contributed by atoms with Crippen molar-refractivity contribution in [1.29, 1.82) is 0 Å². The largest absolute Gasteiger partial charge is 0.441 e. The predicted octanol–water partition coefficient (Wildman–Crippen LogP) is 3.93. The van der Waals surface area contributed by atoms with Crippen LogP contribution in [0.1, 0.15) is 5.69 Å². The second kappa shape index (κ2) is 6.73. The zero-order chi connectivity index (χ0) is 20.7. The van der Waals surface area contributed by atoms with Crippen molar-refractivity contribution in [2.45, 2.75) is 6.18 Å². The van der Waals surface area contributed by atoms with Gasteiger partial charge in [-0.1, -0.05) is 48.5 Å². The lowest BCUT2D eigenvalue weighted by Crippen LogP contribution is -2.47. The summed E-state index contributed by atoms with van der Waals surface area (Å²) in [4.78, 5) is 0. The highest BCUT2D eigenvalue weighted by molar-refractivity contribution is 7.85. The maximum absolute atomic E-state index is 13.8. The van der Waals surface area contributed by atoms with Gasteiger partial charge in [0.05, 0.1) is 19.8 Å². The number of alkyl halides is 3. The molecule has 10 heteroatoms. The first-order chi connectivity index (χ1) is 12.9. The molecule has 3 aromatic rings. The lowest BCUT2D eigenvalue weighted by molar-refractivity contribution is -0.141. The van der Waals surface area contributed by atoms with E-state index >= 15 is 0 Å². The summed E-state index contributed by atoms with van der Waals surface area (Å²) in [6.07, 6.45) is -4.95. The highest BCUT2D eigenvalue weighted by atomic mass is 32.2. The van der Waals surface area contributed by atoms with Gasteiger partial charge >= 0.3 is 16.5 Å². The van der Waals surface area contributed by atoms with Gasteiger partial charge < -0.3 is 0 Å². The van der Waals surface area contributed by atoms with Crippen molar-refractivity contribution >= 4 is 16.0 Å². The third-order valence-electron chi connectivity index (χ3n) is 4.29. The maximum Gasteiger partial charge on any atom is 0.441 e. The van der Waals surface area contributed by atoms with Crippen molar-refractivity contribution in [2.75, 3.05) is 14.1 Å². The summed E-state index contributed by atoms with van der Waals surface area (Å²) >= 11 is 0. The Morgan fingerprint density at radius 2 is 1.46 bits per heavy atom. The van der Waals surface area contributed by atoms with Crippen LogP contribution < -0.4 is 3.89 Å². The predicted molar refractivity (Wildman–Crippen MR) is 99.2 cm³/mol. The highest BCUT2D eigenvalue weighted by Gasteiger charge is 2.50. The van der Waals surface area contributed by atoms with Gasteiger partial charge in [-0.2, -0.15) is 22.2 Å². The average Bonchev–Trinajstić information content (AvgIpc) is 3.04. The van der Waals surface area contributed by atoms with Crippen LogP contribution in [0.15, 0.2) is 60.7 Å². The van der Waals surface area contributed by atoms with Gasteiger partial charge in [-0.15, -0.1) is 8.42 Å². The summed E-state index contributed by atoms with van der Waals surface area (Å²) in [5, 5.41) is 3.71. The first-order valence-corrected chi connectivity index (χ1v) is 9.47. The molecule has 1 N–H and O–H groups in total. The molecule has 1 heterocycles. The average molecular weight is 412 g/mol. The number of halogens is 3. The molecule has 0 fully saturated rings. The third kappa shape index (κ3) is 3.41. The molecule has 3 rings (SSSR count). The normalized spacial score (nSPS) is 12.9. The standard InChI is InChI=1S/C18H16F3N3O3S/c1-24(2,28(25,26)27)16-15(13-9-5-3-6-10-13)23(14-11-7-4-8-12-14)22-17(16)18(19,20)21/h3-12H,1-2H3/p+1. The second-order valence-electron chi connectivity index (χ2n) is 6.46. The van der Waals surface area contributed by atoms with Crippen LogP contribution in [0.2, 0.25) is 0 Å². The van der Waals surface area contributed by atoms with Crippen LogP contribution in [0, 0.1) is 0 Å². The van der Waals surface area contributed by atoms with Gasteiger partial charge in [0, 0.05) is 5.56 Å². The highest BCUT2D eigenvalue weighted by Crippen LogP contribution is 2.45. The Balaban J connectivity index is 2.51. The number of para-hydroxylation sites is 1. The maximum atomic E-state index is 13.8. The minimum atomic E-state index is -4.95. The molecule has 0 unspecified atom stereocenters. The molecule has 0 atom stereocenters. The van der Waals surface area contributed by atoms with E-state index < -0.39 is 31.8 Å². The molecular formula is C18H17F3N3O3S+. The Labute approximate surface area is 159 Å². The third-order valence-corrected chi connectivity index (χ3v) is 5.63. The van der Waals surface area contributed by atoms with E-state index in [0.717, 1.165) is 18.8 Å². The SMILES string of the molecule is C[N+](C)(c1c(C(F)(F)F)nn(-c2ccccc2)c1-c1ccccc1)S(=O)(=O)O. The molecule has 2 aromatic carbocycles. The van der Waals surface area contributed by atoms with Gasteiger partial charge in [-0.3, -0.25) is 0 Å². The van der Waals surface area contributed by atoms with Crippen LogP contribution in [0.3, 0.4) is 0 Å². The van der Waals surface area contributed by atoms with Crippen molar-refractivity contribution in [2.24, 2.45) is 0 Å². The van der Waals surface area contributed by atoms with Gasteiger partial charge in [-0.25, -0.2) is 9.23 Å². The second-order valence-corrected chi connectivity index (χ2v) is 8.26. The number of rotatable bonds is 4. The molecule has 6 nitrogen and oxygen atoms in total. The van der Waals surface area contributed by atoms with Gasteiger partial charge in [0.15, 0.2) is 0 Å². The monoisotopic (exact) mass is 412 g/mol. The fourth-order valence-electron chi connectivity index (χ4n) is 2.84. The lowest BCUT2D eigenvalue weighted by Gasteiger charge is -2.25. The van der Waals surface area contributed by atoms with E-state index in [9.17, 15) is 26.1 Å². The molecule has 148 valence electrons. The fourth-order valence-corrected chi connectivity index (χ4v) is 3.24. The minimum absolute atomic E-state index is 0.0817. The molecule has 0 radical (unpaired) electrons. The molecule has 0 bridgehead atoms. The van der Waals surface area contributed by atoms with Gasteiger partial charge in [0.25, 0.3) is 0 Å². The molecule has 0 aliphatic carbocycles. The summed E-state index contributed by atoms with van der Waals surface area (Å²) in [6, 6.07) is 16.0. The Kier molecular flexibility index (Phi) is 4.82. The summed E-state index contributed by atoms with van der Waals surface area (Å²) in [5.74, 6) is 0. The molecule has 1 aromatic heterocycles. The van der Waals surface area contributed by atoms with Crippen LogP contribution in [0.5, 0.6) is 0 Å². The Hall–Kier alpha value is -2.69. The molecular weight excluding hydrogens is 395 g/mol. The van der Waals surface area contributed by atoms with Crippen molar-refractivity contribution in [3.63, 3.8) is 0 Å². The van der Waals surface area contributed by atoms with Crippen LogP contribution >= 0.6 is 0 Å². The molecule has 0 saturated carbocycles. The van der Waals surface area contributed by atoms with Crippen LogP contribution in [0.4, 0.5) is 18.9 Å². The summed E-state index contributed by atoms with van der Waals surface area (Å²) in [6.45, 7) is 0. The Bertz CT molecular complexity index is 1090. The molecule has 0 aliphatic rings. The quantitative estimate of drug-likeness (QED) is 0.521. The van der Waals surface area contributed by atoms with E-state index in [4.69, 9.17) is 0 Å². The van der Waals surface area contributed by atoms with E-state index in [1.54, 1.807) is 60.7 Å². The summed E-state index contributed by atoms with van der Waals surface area (Å²) in [5.41, 5.74) is -1.52. The zero-order valence-corrected chi connectivity index (χ0v) is 15.7. The molecule has 0 amide bonds. The number of aromatic nitrogens is 2. The smallest absolute Gasteiger partial charge is 0.241 e. The van der Waals surface area contributed by atoms with Crippen molar-refractivity contribution in [3.05, 3.63) is 66.4 Å². The number of quaternary nitrogens is 1.